The van der Waals surface area contributed by atoms with E-state index in [2.05, 4.69) is 0 Å². The Hall–Kier alpha value is -2.93. The van der Waals surface area contributed by atoms with Crippen molar-refractivity contribution in [3.05, 3.63) is 82.8 Å². The third kappa shape index (κ3) is 4.42. The Labute approximate surface area is 180 Å². The highest BCUT2D eigenvalue weighted by Gasteiger charge is 2.30. The number of aromatic hydroxyl groups is 1. The molecule has 1 atom stereocenters. The average Bonchev–Trinajstić information content (AvgIpc) is 2.74. The zero-order valence-electron chi connectivity index (χ0n) is 16.9. The molecule has 4 nitrogen and oxygen atoms in total. The van der Waals surface area contributed by atoms with Crippen LogP contribution in [0.3, 0.4) is 0 Å². The molecule has 31 heavy (non-hydrogen) atoms. The first-order chi connectivity index (χ1) is 14.7. The maximum atomic E-state index is 13.8. The highest BCUT2D eigenvalue weighted by atomic mass is 32.2. The topological polar surface area (TPSA) is 63.6 Å². The largest absolute Gasteiger partial charge is 0.504 e. The summed E-state index contributed by atoms with van der Waals surface area (Å²) in [5.74, 6) is -2.66. The molecule has 7 heteroatoms. The second-order valence-corrected chi connectivity index (χ2v) is 9.64. The Kier molecular flexibility index (Phi) is 5.47. The predicted octanol–water partition coefficient (Wildman–Crippen LogP) is 5.96. The van der Waals surface area contributed by atoms with E-state index < -0.39 is 15.8 Å². The summed E-state index contributed by atoms with van der Waals surface area (Å²) in [6.45, 7) is 1.38. The number of halogens is 2. The molecule has 0 bridgehead atoms. The van der Waals surface area contributed by atoms with Crippen LogP contribution in [0.15, 0.2) is 71.7 Å². The van der Waals surface area contributed by atoms with E-state index in [1.54, 1.807) is 24.3 Å². The number of sulfone groups is 1. The van der Waals surface area contributed by atoms with Gasteiger partial charge < -0.3 is 9.84 Å². The Morgan fingerprint density at radius 1 is 1.16 bits per heavy atom. The number of benzene rings is 2. The first kappa shape index (κ1) is 21.3. The highest BCUT2D eigenvalue weighted by Crippen LogP contribution is 2.40. The van der Waals surface area contributed by atoms with Crippen molar-refractivity contribution in [1.29, 1.82) is 0 Å². The SMILES string of the molecule is CCC(F)(F)c1ccc(Oc2ccc(C3=CC=CC4CCS(=O)(=O)C=C34)cc2)c(O)c1. The molecular formula is C24H22F2O4S. The number of allylic oxidation sites excluding steroid dienone is 5. The third-order valence-corrected chi connectivity index (χ3v) is 6.97. The summed E-state index contributed by atoms with van der Waals surface area (Å²) in [5.41, 5.74) is 2.20. The van der Waals surface area contributed by atoms with Gasteiger partial charge in [0.15, 0.2) is 21.3 Å². The molecule has 162 valence electrons. The summed E-state index contributed by atoms with van der Waals surface area (Å²) in [7, 11) is -3.21. The number of rotatable bonds is 5. The van der Waals surface area contributed by atoms with Crippen molar-refractivity contribution < 1.29 is 27.0 Å². The van der Waals surface area contributed by atoms with Gasteiger partial charge in [-0.15, -0.1) is 0 Å². The van der Waals surface area contributed by atoms with Crippen LogP contribution in [0.25, 0.3) is 5.57 Å². The molecule has 2 aliphatic rings. The zero-order valence-corrected chi connectivity index (χ0v) is 17.7. The molecular weight excluding hydrogens is 422 g/mol. The summed E-state index contributed by atoms with van der Waals surface area (Å²) in [6.07, 6.45) is 6.03. The molecule has 0 radical (unpaired) electrons. The lowest BCUT2D eigenvalue weighted by Crippen LogP contribution is -2.19. The standard InChI is InChI=1S/C24H22F2O4S/c1-2-24(25,26)18-8-11-23(22(27)14-18)30-19-9-6-17(7-10-19)20-5-3-4-16-12-13-31(28,29)15-21(16)20/h3-11,14-16,27H,2,12-13H2,1H3. The lowest BCUT2D eigenvalue weighted by molar-refractivity contribution is -0.00851. The molecule has 2 aromatic carbocycles. The molecule has 1 N–H and O–H groups in total. The van der Waals surface area contributed by atoms with Gasteiger partial charge in [-0.1, -0.05) is 37.3 Å². The van der Waals surface area contributed by atoms with Gasteiger partial charge in [-0.2, -0.15) is 0 Å². The molecule has 0 aromatic heterocycles. The molecule has 0 fully saturated rings. The van der Waals surface area contributed by atoms with E-state index in [-0.39, 0.29) is 35.2 Å². The summed E-state index contributed by atoms with van der Waals surface area (Å²) in [5, 5.41) is 11.5. The predicted molar refractivity (Wildman–Crippen MR) is 116 cm³/mol. The van der Waals surface area contributed by atoms with Crippen LogP contribution in [-0.4, -0.2) is 19.3 Å². The van der Waals surface area contributed by atoms with Crippen molar-refractivity contribution in [1.82, 2.24) is 0 Å². The number of fused-ring (bicyclic) bond motifs is 1. The fraction of sp³-hybridized carbons (Fsp3) is 0.250. The Morgan fingerprint density at radius 2 is 1.90 bits per heavy atom. The smallest absolute Gasteiger partial charge is 0.273 e. The molecule has 1 aliphatic heterocycles. The highest BCUT2D eigenvalue weighted by molar-refractivity contribution is 7.94. The first-order valence-corrected chi connectivity index (χ1v) is 11.7. The minimum atomic E-state index is -3.21. The Bertz CT molecular complexity index is 1190. The molecule has 1 unspecified atom stereocenters. The maximum Gasteiger partial charge on any atom is 0.273 e. The van der Waals surface area contributed by atoms with Crippen molar-refractivity contribution in [2.24, 2.45) is 5.92 Å². The molecule has 0 saturated heterocycles. The minimum Gasteiger partial charge on any atom is -0.504 e. The van der Waals surface area contributed by atoms with Crippen LogP contribution < -0.4 is 4.74 Å². The van der Waals surface area contributed by atoms with Gasteiger partial charge in [0, 0.05) is 23.3 Å². The number of phenols is 1. The van der Waals surface area contributed by atoms with Crippen molar-refractivity contribution >= 4 is 15.4 Å². The van der Waals surface area contributed by atoms with E-state index in [1.807, 2.05) is 18.2 Å². The molecule has 0 saturated carbocycles. The average molecular weight is 444 g/mol. The van der Waals surface area contributed by atoms with E-state index in [1.165, 1.54) is 24.5 Å². The number of hydrogen-bond acceptors (Lipinski definition) is 4. The zero-order chi connectivity index (χ0) is 22.2. The maximum absolute atomic E-state index is 13.8. The number of hydrogen-bond donors (Lipinski definition) is 1. The monoisotopic (exact) mass is 444 g/mol. The van der Waals surface area contributed by atoms with Crippen LogP contribution in [0.4, 0.5) is 8.78 Å². The van der Waals surface area contributed by atoms with E-state index in [4.69, 9.17) is 4.74 Å². The summed E-state index contributed by atoms with van der Waals surface area (Å²) >= 11 is 0. The molecule has 0 amide bonds. The van der Waals surface area contributed by atoms with Crippen molar-refractivity contribution in [3.63, 3.8) is 0 Å². The fourth-order valence-corrected chi connectivity index (χ4v) is 5.15. The number of ether oxygens (including phenoxy) is 1. The van der Waals surface area contributed by atoms with Gasteiger partial charge in [-0.05, 0) is 53.5 Å². The van der Waals surface area contributed by atoms with Crippen LogP contribution in [0, 0.1) is 5.92 Å². The van der Waals surface area contributed by atoms with Gasteiger partial charge in [0.1, 0.15) is 5.75 Å². The number of alkyl halides is 2. The van der Waals surface area contributed by atoms with Crippen molar-refractivity contribution in [3.8, 4) is 17.2 Å². The van der Waals surface area contributed by atoms with Gasteiger partial charge in [-0.25, -0.2) is 17.2 Å². The van der Waals surface area contributed by atoms with E-state index in [0.717, 1.165) is 22.8 Å². The third-order valence-electron chi connectivity index (χ3n) is 5.56. The van der Waals surface area contributed by atoms with Crippen molar-refractivity contribution in [2.45, 2.75) is 25.7 Å². The second kappa shape index (κ2) is 7.96. The molecule has 1 heterocycles. The van der Waals surface area contributed by atoms with Crippen LogP contribution in [0.5, 0.6) is 17.2 Å². The minimum absolute atomic E-state index is 0.0735. The number of phenolic OH excluding ortho intramolecular Hbond substituents is 1. The summed E-state index contributed by atoms with van der Waals surface area (Å²) < 4.78 is 57.4. The first-order valence-electron chi connectivity index (χ1n) is 10.0. The molecule has 0 spiro atoms. The lowest BCUT2D eigenvalue weighted by Gasteiger charge is -2.26. The van der Waals surface area contributed by atoms with Gasteiger partial charge in [0.05, 0.1) is 5.75 Å². The quantitative estimate of drug-likeness (QED) is 0.618. The van der Waals surface area contributed by atoms with Crippen LogP contribution in [0.2, 0.25) is 0 Å². The van der Waals surface area contributed by atoms with Gasteiger partial charge in [0.2, 0.25) is 0 Å². The van der Waals surface area contributed by atoms with E-state index in [0.29, 0.717) is 12.2 Å². The van der Waals surface area contributed by atoms with Gasteiger partial charge in [0.25, 0.3) is 5.92 Å². The summed E-state index contributed by atoms with van der Waals surface area (Å²) in [6, 6.07) is 10.6. The fourth-order valence-electron chi connectivity index (χ4n) is 3.76. The van der Waals surface area contributed by atoms with Crippen molar-refractivity contribution in [2.75, 3.05) is 5.75 Å². The molecule has 2 aromatic rings. The molecule has 1 aliphatic carbocycles. The van der Waals surface area contributed by atoms with Crippen LogP contribution in [-0.2, 0) is 15.8 Å². The molecule has 4 rings (SSSR count). The Balaban J connectivity index is 1.56. The van der Waals surface area contributed by atoms with E-state index >= 15 is 0 Å². The van der Waals surface area contributed by atoms with E-state index in [9.17, 15) is 22.3 Å². The van der Waals surface area contributed by atoms with Crippen LogP contribution >= 0.6 is 0 Å². The van der Waals surface area contributed by atoms with Gasteiger partial charge in [-0.3, -0.25) is 0 Å². The normalized spacial score (nSPS) is 19.9. The Morgan fingerprint density at radius 3 is 2.58 bits per heavy atom. The lowest BCUT2D eigenvalue weighted by atomic mass is 9.84. The summed E-state index contributed by atoms with van der Waals surface area (Å²) in [4.78, 5) is 0. The second-order valence-electron chi connectivity index (χ2n) is 7.67. The van der Waals surface area contributed by atoms with Gasteiger partial charge >= 0.3 is 0 Å². The van der Waals surface area contributed by atoms with Crippen LogP contribution in [0.1, 0.15) is 30.9 Å².